The van der Waals surface area contributed by atoms with E-state index in [1.54, 1.807) is 0 Å². The van der Waals surface area contributed by atoms with E-state index in [0.717, 1.165) is 11.8 Å². The van der Waals surface area contributed by atoms with Crippen molar-refractivity contribution in [3.63, 3.8) is 0 Å². The predicted molar refractivity (Wildman–Crippen MR) is 48.3 cm³/mol. The molecule has 2 aliphatic carbocycles. The van der Waals surface area contributed by atoms with Gasteiger partial charge in [0.25, 0.3) is 0 Å². The Kier molecular flexibility index (Phi) is 1.45. The molecule has 0 radical (unpaired) electrons. The van der Waals surface area contributed by atoms with Crippen molar-refractivity contribution in [1.29, 1.82) is 0 Å². The van der Waals surface area contributed by atoms with Gasteiger partial charge in [-0.1, -0.05) is 38.2 Å². The van der Waals surface area contributed by atoms with E-state index < -0.39 is 0 Å². The second-order valence-corrected chi connectivity index (χ2v) is 4.40. The van der Waals surface area contributed by atoms with Gasteiger partial charge in [0, 0.05) is 0 Å². The monoisotopic (exact) mass is 148 g/mol. The van der Waals surface area contributed by atoms with E-state index in [1.807, 2.05) is 0 Å². The Morgan fingerprint density at radius 3 is 2.91 bits per heavy atom. The van der Waals surface area contributed by atoms with Crippen LogP contribution in [-0.2, 0) is 0 Å². The van der Waals surface area contributed by atoms with Crippen LogP contribution >= 0.6 is 0 Å². The van der Waals surface area contributed by atoms with Crippen LogP contribution in [0.4, 0.5) is 0 Å². The summed E-state index contributed by atoms with van der Waals surface area (Å²) in [6.07, 6.45) is 11.9. The maximum atomic E-state index is 2.39. The molecule has 0 N–H and O–H groups in total. The first kappa shape index (κ1) is 7.15. The van der Waals surface area contributed by atoms with E-state index in [1.165, 1.54) is 12.8 Å². The number of rotatable bonds is 0. The van der Waals surface area contributed by atoms with Crippen molar-refractivity contribution in [3.05, 3.63) is 24.3 Å². The van der Waals surface area contributed by atoms with Gasteiger partial charge in [0.15, 0.2) is 0 Å². The molecule has 0 amide bonds. The second-order valence-electron chi connectivity index (χ2n) is 4.40. The summed E-state index contributed by atoms with van der Waals surface area (Å²) in [5.74, 6) is 1.74. The fraction of sp³-hybridized carbons (Fsp3) is 0.636. The van der Waals surface area contributed by atoms with Crippen molar-refractivity contribution >= 4 is 0 Å². The largest absolute Gasteiger partial charge is 0.0806 e. The normalized spacial score (nSPS) is 47.8. The van der Waals surface area contributed by atoms with Crippen molar-refractivity contribution in [2.75, 3.05) is 0 Å². The van der Waals surface area contributed by atoms with Gasteiger partial charge < -0.3 is 0 Å². The van der Waals surface area contributed by atoms with Crippen LogP contribution < -0.4 is 0 Å². The molecule has 11 heavy (non-hydrogen) atoms. The maximum Gasteiger partial charge on any atom is -0.00779 e. The zero-order valence-electron chi connectivity index (χ0n) is 7.38. The van der Waals surface area contributed by atoms with Crippen LogP contribution in [-0.4, -0.2) is 0 Å². The third-order valence-electron chi connectivity index (χ3n) is 3.22. The lowest BCUT2D eigenvalue weighted by Gasteiger charge is -2.27. The lowest BCUT2D eigenvalue weighted by Crippen LogP contribution is -2.18. The molecule has 0 saturated heterocycles. The lowest BCUT2D eigenvalue weighted by molar-refractivity contribution is 0.356. The zero-order valence-corrected chi connectivity index (χ0v) is 7.38. The Morgan fingerprint density at radius 2 is 2.18 bits per heavy atom. The van der Waals surface area contributed by atoms with Crippen LogP contribution in [0.2, 0.25) is 0 Å². The smallest absolute Gasteiger partial charge is 0.00779 e. The van der Waals surface area contributed by atoms with Crippen molar-refractivity contribution in [1.82, 2.24) is 0 Å². The molecule has 0 heterocycles. The van der Waals surface area contributed by atoms with Crippen molar-refractivity contribution in [2.24, 2.45) is 17.3 Å². The standard InChI is InChI=1S/C11H16/c1-9-7-10-5-3-4-6-11(10,2)8-9/h3-6,9-10H,7-8H2,1-2H3. The van der Waals surface area contributed by atoms with Crippen LogP contribution in [0.5, 0.6) is 0 Å². The van der Waals surface area contributed by atoms with Gasteiger partial charge in [-0.05, 0) is 30.1 Å². The van der Waals surface area contributed by atoms with Gasteiger partial charge in [-0.3, -0.25) is 0 Å². The molecule has 60 valence electrons. The van der Waals surface area contributed by atoms with Crippen LogP contribution in [0.3, 0.4) is 0 Å². The summed E-state index contributed by atoms with van der Waals surface area (Å²) in [5.41, 5.74) is 0.494. The zero-order chi connectivity index (χ0) is 7.90. The first-order valence-corrected chi connectivity index (χ1v) is 4.57. The highest BCUT2D eigenvalue weighted by molar-refractivity contribution is 5.21. The molecule has 0 spiro atoms. The highest BCUT2D eigenvalue weighted by Gasteiger charge is 2.39. The quantitative estimate of drug-likeness (QED) is 0.495. The summed E-state index contributed by atoms with van der Waals surface area (Å²) in [4.78, 5) is 0. The Labute approximate surface area is 69.0 Å². The minimum Gasteiger partial charge on any atom is -0.0806 e. The summed E-state index contributed by atoms with van der Waals surface area (Å²) in [5, 5.41) is 0. The first-order chi connectivity index (χ1) is 5.21. The highest BCUT2D eigenvalue weighted by atomic mass is 14.4. The van der Waals surface area contributed by atoms with Gasteiger partial charge in [-0.2, -0.15) is 0 Å². The molecule has 1 saturated carbocycles. The van der Waals surface area contributed by atoms with Crippen LogP contribution in [0.15, 0.2) is 24.3 Å². The molecule has 0 bridgehead atoms. The molecule has 1 fully saturated rings. The number of fused-ring (bicyclic) bond motifs is 1. The Bertz CT molecular complexity index is 212. The van der Waals surface area contributed by atoms with Crippen LogP contribution in [0.1, 0.15) is 26.7 Å². The second kappa shape index (κ2) is 2.23. The van der Waals surface area contributed by atoms with E-state index in [0.29, 0.717) is 5.41 Å². The van der Waals surface area contributed by atoms with E-state index in [9.17, 15) is 0 Å². The Morgan fingerprint density at radius 1 is 1.36 bits per heavy atom. The van der Waals surface area contributed by atoms with Crippen molar-refractivity contribution in [3.8, 4) is 0 Å². The van der Waals surface area contributed by atoms with Crippen LogP contribution in [0, 0.1) is 17.3 Å². The topological polar surface area (TPSA) is 0 Å². The van der Waals surface area contributed by atoms with Gasteiger partial charge in [-0.15, -0.1) is 0 Å². The summed E-state index contributed by atoms with van der Waals surface area (Å²) in [7, 11) is 0. The summed E-state index contributed by atoms with van der Waals surface area (Å²) in [6, 6.07) is 0. The minimum absolute atomic E-state index is 0.494. The molecular weight excluding hydrogens is 132 g/mol. The highest BCUT2D eigenvalue weighted by Crippen LogP contribution is 2.49. The molecule has 3 unspecified atom stereocenters. The van der Waals surface area contributed by atoms with Gasteiger partial charge in [0.05, 0.1) is 0 Å². The molecule has 0 aromatic rings. The Hall–Kier alpha value is -0.520. The number of allylic oxidation sites excluding steroid dienone is 4. The van der Waals surface area contributed by atoms with E-state index >= 15 is 0 Å². The molecule has 0 aromatic heterocycles. The van der Waals surface area contributed by atoms with Crippen molar-refractivity contribution < 1.29 is 0 Å². The molecule has 0 aliphatic heterocycles. The van der Waals surface area contributed by atoms with Gasteiger partial charge >= 0.3 is 0 Å². The SMILES string of the molecule is CC1CC2C=CC=CC2(C)C1. The molecule has 0 aromatic carbocycles. The fourth-order valence-electron chi connectivity index (χ4n) is 2.65. The van der Waals surface area contributed by atoms with Gasteiger partial charge in [-0.25, -0.2) is 0 Å². The third-order valence-corrected chi connectivity index (χ3v) is 3.22. The summed E-state index contributed by atoms with van der Waals surface area (Å²) >= 11 is 0. The summed E-state index contributed by atoms with van der Waals surface area (Å²) in [6.45, 7) is 4.76. The van der Waals surface area contributed by atoms with Gasteiger partial charge in [0.2, 0.25) is 0 Å². The fourth-order valence-corrected chi connectivity index (χ4v) is 2.65. The minimum atomic E-state index is 0.494. The summed E-state index contributed by atoms with van der Waals surface area (Å²) < 4.78 is 0. The lowest BCUT2D eigenvalue weighted by atomic mass is 9.77. The molecule has 0 heteroatoms. The molecule has 2 aliphatic rings. The van der Waals surface area contributed by atoms with Gasteiger partial charge in [0.1, 0.15) is 0 Å². The van der Waals surface area contributed by atoms with Crippen molar-refractivity contribution in [2.45, 2.75) is 26.7 Å². The Balaban J connectivity index is 2.27. The van der Waals surface area contributed by atoms with E-state index in [2.05, 4.69) is 38.2 Å². The average Bonchev–Trinajstić information content (AvgIpc) is 2.22. The predicted octanol–water partition coefficient (Wildman–Crippen LogP) is 3.16. The van der Waals surface area contributed by atoms with E-state index in [4.69, 9.17) is 0 Å². The third kappa shape index (κ3) is 1.05. The maximum absolute atomic E-state index is 2.39. The molecule has 0 nitrogen and oxygen atoms in total. The number of hydrogen-bond acceptors (Lipinski definition) is 0. The van der Waals surface area contributed by atoms with E-state index in [-0.39, 0.29) is 0 Å². The average molecular weight is 148 g/mol. The van der Waals surface area contributed by atoms with Crippen LogP contribution in [0.25, 0.3) is 0 Å². The molecular formula is C11H16. The molecule has 2 rings (SSSR count). The first-order valence-electron chi connectivity index (χ1n) is 4.57. The molecule has 3 atom stereocenters. The number of hydrogen-bond donors (Lipinski definition) is 0.